The van der Waals surface area contributed by atoms with Gasteiger partial charge in [-0.15, -0.1) is 0 Å². The second kappa shape index (κ2) is 4.68. The smallest absolute Gasteiger partial charge is 0.147 e. The van der Waals surface area contributed by atoms with Gasteiger partial charge in [-0.1, -0.05) is 13.8 Å². The van der Waals surface area contributed by atoms with Crippen molar-refractivity contribution in [2.45, 2.75) is 33.1 Å². The fourth-order valence-corrected chi connectivity index (χ4v) is 2.32. The van der Waals surface area contributed by atoms with Crippen LogP contribution in [0.25, 0.3) is 0 Å². The van der Waals surface area contributed by atoms with Crippen LogP contribution in [0.3, 0.4) is 0 Å². The summed E-state index contributed by atoms with van der Waals surface area (Å²) in [5.74, 6) is 2.90. The summed E-state index contributed by atoms with van der Waals surface area (Å²) in [5, 5.41) is 3.38. The van der Waals surface area contributed by atoms with Gasteiger partial charge in [-0.3, -0.25) is 0 Å². The highest BCUT2D eigenvalue weighted by atomic mass is 15.0. The summed E-state index contributed by atoms with van der Waals surface area (Å²) in [4.78, 5) is 8.63. The van der Waals surface area contributed by atoms with Crippen LogP contribution < -0.4 is 11.1 Å². The van der Waals surface area contributed by atoms with Crippen molar-refractivity contribution in [1.82, 2.24) is 9.97 Å². The van der Waals surface area contributed by atoms with E-state index < -0.39 is 0 Å². The Morgan fingerprint density at radius 1 is 1.56 bits per heavy atom. The van der Waals surface area contributed by atoms with E-state index in [4.69, 9.17) is 5.73 Å². The van der Waals surface area contributed by atoms with Gasteiger partial charge in [0.2, 0.25) is 0 Å². The molecular weight excluding hydrogens is 200 g/mol. The Kier molecular flexibility index (Phi) is 3.27. The van der Waals surface area contributed by atoms with E-state index in [9.17, 15) is 0 Å². The van der Waals surface area contributed by atoms with Crippen LogP contribution in [0, 0.1) is 11.8 Å². The van der Waals surface area contributed by atoms with Crippen molar-refractivity contribution >= 4 is 11.6 Å². The number of nitrogens with zero attached hydrogens (tertiary/aromatic N) is 2. The van der Waals surface area contributed by atoms with Gasteiger partial charge < -0.3 is 11.1 Å². The molecule has 3 N–H and O–H groups in total. The lowest BCUT2D eigenvalue weighted by molar-refractivity contribution is 0.406. The van der Waals surface area contributed by atoms with E-state index in [0.29, 0.717) is 5.82 Å². The first-order valence-electron chi connectivity index (χ1n) is 6.00. The number of fused-ring (bicyclic) bond motifs is 1. The Bertz CT molecular complexity index is 362. The van der Waals surface area contributed by atoms with Crippen LogP contribution >= 0.6 is 0 Å². The Morgan fingerprint density at radius 2 is 2.38 bits per heavy atom. The van der Waals surface area contributed by atoms with Gasteiger partial charge in [-0.25, -0.2) is 9.97 Å². The molecule has 1 aromatic heterocycles. The molecule has 0 bridgehead atoms. The number of hydrogen-bond donors (Lipinski definition) is 2. The quantitative estimate of drug-likeness (QED) is 0.801. The molecule has 16 heavy (non-hydrogen) atoms. The summed E-state index contributed by atoms with van der Waals surface area (Å²) < 4.78 is 0. The van der Waals surface area contributed by atoms with Crippen LogP contribution in [0.5, 0.6) is 0 Å². The third-order valence-corrected chi connectivity index (χ3v) is 3.02. The molecule has 4 heteroatoms. The Labute approximate surface area is 96.7 Å². The number of aryl methyl sites for hydroxylation is 1. The maximum Gasteiger partial charge on any atom is 0.147 e. The average Bonchev–Trinajstić information content (AvgIpc) is 2.40. The summed E-state index contributed by atoms with van der Waals surface area (Å²) in [6.45, 7) is 5.54. The molecule has 2 rings (SSSR count). The molecule has 0 saturated carbocycles. The number of nitrogens with one attached hydrogen (secondary N) is 1. The molecule has 0 aromatic carbocycles. The fraction of sp³-hybridized carbons (Fsp3) is 0.667. The van der Waals surface area contributed by atoms with E-state index in [1.807, 2.05) is 0 Å². The van der Waals surface area contributed by atoms with Crippen LogP contribution in [-0.2, 0) is 6.42 Å². The van der Waals surface area contributed by atoms with E-state index in [1.165, 1.54) is 12.8 Å². The molecular formula is C12H20N4. The highest BCUT2D eigenvalue weighted by Crippen LogP contribution is 2.24. The van der Waals surface area contributed by atoms with E-state index in [1.54, 1.807) is 6.20 Å². The molecule has 4 nitrogen and oxygen atoms in total. The SMILES string of the molecule is CC(C)CC1CCc2nc(N)cnc2NC1. The number of nitrogens with two attached hydrogens (primary N) is 1. The molecule has 1 unspecified atom stereocenters. The predicted octanol–water partition coefficient (Wildman–Crippen LogP) is 2.08. The summed E-state index contributed by atoms with van der Waals surface area (Å²) in [5.41, 5.74) is 6.67. The van der Waals surface area contributed by atoms with Gasteiger partial charge in [0, 0.05) is 6.54 Å². The summed E-state index contributed by atoms with van der Waals surface area (Å²) in [6, 6.07) is 0. The minimum atomic E-state index is 0.517. The number of rotatable bonds is 2. The summed E-state index contributed by atoms with van der Waals surface area (Å²) in [7, 11) is 0. The van der Waals surface area contributed by atoms with Crippen molar-refractivity contribution in [3.8, 4) is 0 Å². The molecule has 0 aliphatic carbocycles. The lowest BCUT2D eigenvalue weighted by Gasteiger charge is -2.16. The summed E-state index contributed by atoms with van der Waals surface area (Å²) >= 11 is 0. The third-order valence-electron chi connectivity index (χ3n) is 3.02. The van der Waals surface area contributed by atoms with E-state index >= 15 is 0 Å². The van der Waals surface area contributed by atoms with Crippen LogP contribution in [-0.4, -0.2) is 16.5 Å². The highest BCUT2D eigenvalue weighted by molar-refractivity contribution is 5.44. The second-order valence-corrected chi connectivity index (χ2v) is 5.01. The monoisotopic (exact) mass is 220 g/mol. The standard InChI is InChI=1S/C12H20N4/c1-8(2)5-9-3-4-10-12(14-6-9)15-7-11(13)16-10/h7-9H,3-6H2,1-2H3,(H2,13,16)(H,14,15). The lowest BCUT2D eigenvalue weighted by Crippen LogP contribution is -2.15. The molecule has 0 spiro atoms. The van der Waals surface area contributed by atoms with Crippen molar-refractivity contribution < 1.29 is 0 Å². The molecule has 0 radical (unpaired) electrons. The van der Waals surface area contributed by atoms with Gasteiger partial charge in [-0.2, -0.15) is 0 Å². The van der Waals surface area contributed by atoms with Crippen LogP contribution in [0.2, 0.25) is 0 Å². The van der Waals surface area contributed by atoms with Crippen molar-refractivity contribution in [1.29, 1.82) is 0 Å². The molecule has 0 amide bonds. The Morgan fingerprint density at radius 3 is 3.12 bits per heavy atom. The molecule has 1 aliphatic heterocycles. The number of anilines is 2. The van der Waals surface area contributed by atoms with E-state index in [2.05, 4.69) is 29.1 Å². The fourth-order valence-electron chi connectivity index (χ4n) is 2.32. The molecule has 0 fully saturated rings. The van der Waals surface area contributed by atoms with Crippen LogP contribution in [0.4, 0.5) is 11.6 Å². The molecule has 1 atom stereocenters. The molecule has 1 aliphatic rings. The molecule has 0 saturated heterocycles. The predicted molar refractivity (Wildman–Crippen MR) is 66.2 cm³/mol. The van der Waals surface area contributed by atoms with Gasteiger partial charge in [0.05, 0.1) is 11.9 Å². The zero-order chi connectivity index (χ0) is 11.5. The Hall–Kier alpha value is -1.32. The van der Waals surface area contributed by atoms with Crippen molar-refractivity contribution in [2.75, 3.05) is 17.6 Å². The van der Waals surface area contributed by atoms with Crippen molar-refractivity contribution in [3.05, 3.63) is 11.9 Å². The first-order chi connectivity index (χ1) is 7.65. The maximum absolute atomic E-state index is 5.65. The van der Waals surface area contributed by atoms with E-state index in [0.717, 1.165) is 36.3 Å². The van der Waals surface area contributed by atoms with Gasteiger partial charge >= 0.3 is 0 Å². The van der Waals surface area contributed by atoms with Crippen molar-refractivity contribution in [2.24, 2.45) is 11.8 Å². The maximum atomic E-state index is 5.65. The minimum Gasteiger partial charge on any atom is -0.382 e. The van der Waals surface area contributed by atoms with E-state index in [-0.39, 0.29) is 0 Å². The lowest BCUT2D eigenvalue weighted by atomic mass is 9.93. The van der Waals surface area contributed by atoms with Gasteiger partial charge in [0.15, 0.2) is 0 Å². The number of aromatic nitrogens is 2. The number of nitrogen functional groups attached to an aromatic ring is 1. The van der Waals surface area contributed by atoms with Gasteiger partial charge in [0.25, 0.3) is 0 Å². The largest absolute Gasteiger partial charge is 0.382 e. The number of hydrogen-bond acceptors (Lipinski definition) is 4. The molecule has 1 aromatic rings. The third kappa shape index (κ3) is 2.62. The normalized spacial score (nSPS) is 20.1. The second-order valence-electron chi connectivity index (χ2n) is 5.01. The topological polar surface area (TPSA) is 63.8 Å². The zero-order valence-electron chi connectivity index (χ0n) is 10.0. The van der Waals surface area contributed by atoms with Crippen molar-refractivity contribution in [3.63, 3.8) is 0 Å². The van der Waals surface area contributed by atoms with Crippen LogP contribution in [0.1, 0.15) is 32.4 Å². The first-order valence-corrected chi connectivity index (χ1v) is 6.00. The van der Waals surface area contributed by atoms with Gasteiger partial charge in [0.1, 0.15) is 11.6 Å². The molecule has 2 heterocycles. The Balaban J connectivity index is 2.07. The highest BCUT2D eigenvalue weighted by Gasteiger charge is 2.18. The van der Waals surface area contributed by atoms with Crippen LogP contribution in [0.15, 0.2) is 6.20 Å². The first kappa shape index (κ1) is 11.2. The molecule has 88 valence electrons. The van der Waals surface area contributed by atoms with Gasteiger partial charge in [-0.05, 0) is 31.1 Å². The minimum absolute atomic E-state index is 0.517. The summed E-state index contributed by atoms with van der Waals surface area (Å²) in [6.07, 6.45) is 5.04. The average molecular weight is 220 g/mol. The zero-order valence-corrected chi connectivity index (χ0v) is 10.0.